The first-order chi connectivity index (χ1) is 11.0. The van der Waals surface area contributed by atoms with Crippen molar-refractivity contribution < 1.29 is 14.7 Å². The molecule has 0 spiro atoms. The molecule has 0 aromatic heterocycles. The van der Waals surface area contributed by atoms with Crippen molar-refractivity contribution in [2.45, 2.75) is 70.7 Å². The van der Waals surface area contributed by atoms with Crippen LogP contribution in [0.1, 0.15) is 63.7 Å². The number of rotatable bonds is 8. The molecule has 0 radical (unpaired) electrons. The number of nitrogens with one attached hydrogen (secondary N) is 1. The Balaban J connectivity index is 2.48. The van der Waals surface area contributed by atoms with Crippen LogP contribution in [0.15, 0.2) is 24.3 Å². The third-order valence-electron chi connectivity index (χ3n) is 5.10. The van der Waals surface area contributed by atoms with Gasteiger partial charge in [-0.2, -0.15) is 0 Å². The van der Waals surface area contributed by atoms with Crippen molar-refractivity contribution in [1.82, 2.24) is 5.32 Å². The van der Waals surface area contributed by atoms with E-state index in [1.165, 1.54) is 5.56 Å². The Hall–Kier alpha value is -1.17. The highest BCUT2D eigenvalue weighted by Crippen LogP contribution is 2.39. The summed E-state index contributed by atoms with van der Waals surface area (Å²) in [5, 5.41) is 12.9. The second-order valence-corrected chi connectivity index (χ2v) is 12.5. The van der Waals surface area contributed by atoms with Gasteiger partial charge in [-0.15, -0.1) is 0 Å². The zero-order valence-corrected chi connectivity index (χ0v) is 16.9. The summed E-state index contributed by atoms with van der Waals surface area (Å²) in [5.41, 5.74) is 1.80. The minimum Gasteiger partial charge on any atom is -0.432 e. The molecule has 0 heterocycles. The second kappa shape index (κ2) is 8.27. The molecule has 0 aliphatic rings. The maximum Gasteiger partial charge on any atom is 0.253 e. The molecule has 24 heavy (non-hydrogen) atoms. The largest absolute Gasteiger partial charge is 0.432 e. The molecule has 5 heteroatoms. The van der Waals surface area contributed by atoms with Crippen LogP contribution in [0, 0.1) is 0 Å². The van der Waals surface area contributed by atoms with Crippen LogP contribution < -0.4 is 5.32 Å². The molecule has 1 rings (SSSR count). The van der Waals surface area contributed by atoms with Gasteiger partial charge >= 0.3 is 0 Å². The number of carbonyl (C=O) groups is 1. The normalized spacial score (nSPS) is 13.9. The Kier molecular flexibility index (Phi) is 7.20. The Bertz CT molecular complexity index is 533. The van der Waals surface area contributed by atoms with Crippen LogP contribution >= 0.6 is 0 Å². The quantitative estimate of drug-likeness (QED) is 0.494. The van der Waals surface area contributed by atoms with Crippen LogP contribution in [0.25, 0.3) is 0 Å². The van der Waals surface area contributed by atoms with E-state index in [4.69, 9.17) is 0 Å². The van der Waals surface area contributed by atoms with E-state index in [0.717, 1.165) is 12.8 Å². The molecule has 1 unspecified atom stereocenters. The zero-order chi connectivity index (χ0) is 18.5. The molecule has 136 valence electrons. The highest BCUT2D eigenvalue weighted by atomic mass is 28.4. The van der Waals surface area contributed by atoms with Crippen LogP contribution in [0.3, 0.4) is 0 Å². The summed E-state index contributed by atoms with van der Waals surface area (Å²) in [6.45, 7) is 12.8. The first-order valence-electron chi connectivity index (χ1n) is 8.74. The molecule has 1 aromatic rings. The lowest BCUT2D eigenvalue weighted by atomic mass is 10.00. The van der Waals surface area contributed by atoms with Crippen molar-refractivity contribution >= 4 is 14.2 Å². The van der Waals surface area contributed by atoms with E-state index in [2.05, 4.69) is 33.0 Å². The molecule has 0 fully saturated rings. The van der Waals surface area contributed by atoms with Crippen molar-refractivity contribution in [3.05, 3.63) is 35.4 Å². The molecule has 0 aliphatic carbocycles. The standard InChI is InChI=1S/C19H33NO3Si/c1-14(2)15-8-10-16(11-9-15)17(21)18(22)20-13-7-12-19(3,4)24(5,6)23/h8-11,14,17,21,23H,7,12-13H2,1-6H3,(H,20,22). The summed E-state index contributed by atoms with van der Waals surface area (Å²) in [7, 11) is -2.21. The van der Waals surface area contributed by atoms with Gasteiger partial charge in [0, 0.05) is 6.54 Å². The predicted octanol–water partition coefficient (Wildman–Crippen LogP) is 3.72. The SMILES string of the molecule is CC(C)c1ccc(C(O)C(=O)NCCCC(C)(C)[Si](C)(C)O)cc1. The molecule has 0 aliphatic heterocycles. The lowest BCUT2D eigenvalue weighted by Crippen LogP contribution is -2.39. The van der Waals surface area contributed by atoms with Gasteiger partial charge in [0.2, 0.25) is 0 Å². The first kappa shape index (κ1) is 20.9. The molecule has 1 atom stereocenters. The Morgan fingerprint density at radius 1 is 1.17 bits per heavy atom. The van der Waals surface area contributed by atoms with Crippen molar-refractivity contribution in [2.24, 2.45) is 0 Å². The fraction of sp³-hybridized carbons (Fsp3) is 0.632. The van der Waals surface area contributed by atoms with Gasteiger partial charge in [0.1, 0.15) is 0 Å². The summed E-state index contributed by atoms with van der Waals surface area (Å²) in [5.74, 6) is 0.0540. The van der Waals surface area contributed by atoms with E-state index >= 15 is 0 Å². The van der Waals surface area contributed by atoms with Gasteiger partial charge in [0.05, 0.1) is 0 Å². The Labute approximate surface area is 147 Å². The molecule has 0 saturated carbocycles. The fourth-order valence-corrected chi connectivity index (χ4v) is 3.15. The number of aliphatic hydroxyl groups excluding tert-OH is 1. The molecule has 1 aromatic carbocycles. The lowest BCUT2D eigenvalue weighted by Gasteiger charge is -2.35. The van der Waals surface area contributed by atoms with E-state index in [-0.39, 0.29) is 10.9 Å². The molecular weight excluding hydrogens is 318 g/mol. The van der Waals surface area contributed by atoms with Crippen molar-refractivity contribution in [2.75, 3.05) is 6.54 Å². The van der Waals surface area contributed by atoms with Crippen LogP contribution in [0.2, 0.25) is 18.1 Å². The van der Waals surface area contributed by atoms with Crippen molar-refractivity contribution in [3.8, 4) is 0 Å². The zero-order valence-electron chi connectivity index (χ0n) is 15.9. The minimum atomic E-state index is -2.21. The predicted molar refractivity (Wildman–Crippen MR) is 101 cm³/mol. The highest BCUT2D eigenvalue weighted by Gasteiger charge is 2.37. The number of carbonyl (C=O) groups excluding carboxylic acids is 1. The minimum absolute atomic E-state index is 0.0942. The second-order valence-electron chi connectivity index (χ2n) is 8.06. The van der Waals surface area contributed by atoms with E-state index in [9.17, 15) is 14.7 Å². The van der Waals surface area contributed by atoms with Gasteiger partial charge in [-0.3, -0.25) is 4.79 Å². The molecule has 1 amide bonds. The van der Waals surface area contributed by atoms with Gasteiger partial charge in [-0.05, 0) is 48.0 Å². The van der Waals surface area contributed by atoms with E-state index in [1.54, 1.807) is 0 Å². The van der Waals surface area contributed by atoms with E-state index in [1.807, 2.05) is 37.4 Å². The Morgan fingerprint density at radius 3 is 2.12 bits per heavy atom. The monoisotopic (exact) mass is 351 g/mol. The number of hydrogen-bond acceptors (Lipinski definition) is 3. The maximum atomic E-state index is 12.1. The third-order valence-corrected chi connectivity index (χ3v) is 8.66. The summed E-state index contributed by atoms with van der Waals surface area (Å²) >= 11 is 0. The number of benzene rings is 1. The van der Waals surface area contributed by atoms with E-state index < -0.39 is 14.4 Å². The Morgan fingerprint density at radius 2 is 1.67 bits per heavy atom. The molecule has 0 bridgehead atoms. The summed E-state index contributed by atoms with van der Waals surface area (Å²) < 4.78 is 0. The first-order valence-corrected chi connectivity index (χ1v) is 11.7. The van der Waals surface area contributed by atoms with Crippen molar-refractivity contribution in [1.29, 1.82) is 0 Å². The average molecular weight is 352 g/mol. The van der Waals surface area contributed by atoms with Crippen LogP contribution in [-0.4, -0.2) is 30.7 Å². The number of amides is 1. The molecular formula is C19H33NO3Si. The number of aliphatic hydroxyl groups is 1. The van der Waals surface area contributed by atoms with Crippen molar-refractivity contribution in [3.63, 3.8) is 0 Å². The summed E-state index contributed by atoms with van der Waals surface area (Å²) in [4.78, 5) is 22.3. The topological polar surface area (TPSA) is 69.6 Å². The van der Waals surface area contributed by atoms with Gasteiger partial charge < -0.3 is 15.2 Å². The average Bonchev–Trinajstić information content (AvgIpc) is 2.49. The maximum absolute atomic E-state index is 12.1. The fourth-order valence-electron chi connectivity index (χ4n) is 2.36. The summed E-state index contributed by atoms with van der Waals surface area (Å²) in [6, 6.07) is 7.52. The number of hydrogen-bond donors (Lipinski definition) is 3. The van der Waals surface area contributed by atoms with Gasteiger partial charge in [-0.1, -0.05) is 52.0 Å². The molecule has 4 nitrogen and oxygen atoms in total. The van der Waals surface area contributed by atoms with E-state index in [0.29, 0.717) is 18.0 Å². The molecule has 0 saturated heterocycles. The highest BCUT2D eigenvalue weighted by molar-refractivity contribution is 6.72. The van der Waals surface area contributed by atoms with Gasteiger partial charge in [0.15, 0.2) is 14.4 Å². The summed E-state index contributed by atoms with van der Waals surface area (Å²) in [6.07, 6.45) is 0.500. The van der Waals surface area contributed by atoms with Crippen LogP contribution in [0.4, 0.5) is 0 Å². The molecule has 3 N–H and O–H groups in total. The van der Waals surface area contributed by atoms with Gasteiger partial charge in [-0.25, -0.2) is 0 Å². The van der Waals surface area contributed by atoms with Crippen LogP contribution in [-0.2, 0) is 4.79 Å². The third kappa shape index (κ3) is 5.72. The van der Waals surface area contributed by atoms with Crippen LogP contribution in [0.5, 0.6) is 0 Å². The lowest BCUT2D eigenvalue weighted by molar-refractivity contribution is -0.129. The smallest absolute Gasteiger partial charge is 0.253 e. The van der Waals surface area contributed by atoms with Gasteiger partial charge in [0.25, 0.3) is 5.91 Å².